The minimum atomic E-state index is -0.111. The zero-order valence-corrected chi connectivity index (χ0v) is 15.5. The lowest BCUT2D eigenvalue weighted by molar-refractivity contribution is -0.117. The van der Waals surface area contributed by atoms with Gasteiger partial charge in [-0.05, 0) is 49.2 Å². The van der Waals surface area contributed by atoms with Gasteiger partial charge in [-0.15, -0.1) is 11.3 Å². The largest absolute Gasteiger partial charge is 0.323 e. The van der Waals surface area contributed by atoms with Crippen LogP contribution in [0.25, 0.3) is 5.69 Å². The van der Waals surface area contributed by atoms with Gasteiger partial charge in [-0.1, -0.05) is 11.6 Å². The molecule has 0 spiro atoms. The third-order valence-electron chi connectivity index (χ3n) is 3.69. The number of halogens is 1. The first-order valence-corrected chi connectivity index (χ1v) is 8.94. The molecule has 0 radical (unpaired) electrons. The van der Waals surface area contributed by atoms with E-state index in [2.05, 4.69) is 33.8 Å². The second kappa shape index (κ2) is 7.77. The summed E-state index contributed by atoms with van der Waals surface area (Å²) in [7, 11) is 1.93. The Morgan fingerprint density at radius 3 is 2.92 bits per heavy atom. The Balaban J connectivity index is 1.68. The van der Waals surface area contributed by atoms with Gasteiger partial charge in [-0.2, -0.15) is 5.10 Å². The van der Waals surface area contributed by atoms with Crippen molar-refractivity contribution in [3.63, 3.8) is 0 Å². The molecule has 0 fully saturated rings. The topological polar surface area (TPSA) is 63.1 Å². The number of likely N-dealkylation sites (N-methyl/N-ethyl adjacent to an activating group) is 1. The summed E-state index contributed by atoms with van der Waals surface area (Å²) in [4.78, 5) is 19.6. The first-order chi connectivity index (χ1) is 12.0. The molecule has 0 bridgehead atoms. The molecule has 25 heavy (non-hydrogen) atoms. The molecule has 1 amide bonds. The molecule has 2 heterocycles. The van der Waals surface area contributed by atoms with E-state index < -0.39 is 0 Å². The maximum atomic E-state index is 12.4. The van der Waals surface area contributed by atoms with Crippen LogP contribution in [0, 0.1) is 6.92 Å². The molecule has 8 heteroatoms. The van der Waals surface area contributed by atoms with Crippen molar-refractivity contribution >= 4 is 34.5 Å². The van der Waals surface area contributed by atoms with Gasteiger partial charge in [0, 0.05) is 16.4 Å². The summed E-state index contributed by atoms with van der Waals surface area (Å²) in [5, 5.41) is 9.63. The molecule has 2 aromatic heterocycles. The van der Waals surface area contributed by atoms with Gasteiger partial charge in [-0.25, -0.2) is 9.67 Å². The van der Waals surface area contributed by atoms with E-state index in [0.717, 1.165) is 6.54 Å². The summed E-state index contributed by atoms with van der Waals surface area (Å²) in [5.74, 6) is -0.111. The molecule has 0 atom stereocenters. The van der Waals surface area contributed by atoms with Gasteiger partial charge >= 0.3 is 0 Å². The molecular weight excluding hydrogens is 358 g/mol. The minimum Gasteiger partial charge on any atom is -0.323 e. The molecule has 6 nitrogen and oxygen atoms in total. The lowest BCUT2D eigenvalue weighted by Gasteiger charge is -2.17. The molecule has 0 saturated heterocycles. The zero-order valence-electron chi connectivity index (χ0n) is 13.9. The fourth-order valence-corrected chi connectivity index (χ4v) is 3.60. The van der Waals surface area contributed by atoms with Gasteiger partial charge in [0.05, 0.1) is 17.9 Å². The summed E-state index contributed by atoms with van der Waals surface area (Å²) >= 11 is 7.78. The second-order valence-electron chi connectivity index (χ2n) is 5.75. The van der Waals surface area contributed by atoms with Crippen molar-refractivity contribution in [2.45, 2.75) is 13.5 Å². The number of nitrogens with one attached hydrogen (secondary N) is 1. The first-order valence-electron chi connectivity index (χ1n) is 7.69. The number of aromatic nitrogens is 3. The van der Waals surface area contributed by atoms with Gasteiger partial charge < -0.3 is 5.32 Å². The number of carbonyl (C=O) groups excluding carboxylic acids is 1. The molecule has 0 aliphatic heterocycles. The average molecular weight is 376 g/mol. The highest BCUT2D eigenvalue weighted by Crippen LogP contribution is 2.24. The van der Waals surface area contributed by atoms with Crippen molar-refractivity contribution in [1.29, 1.82) is 0 Å². The Bertz CT molecular complexity index is 862. The van der Waals surface area contributed by atoms with Crippen LogP contribution in [0.2, 0.25) is 5.02 Å². The van der Waals surface area contributed by atoms with Crippen LogP contribution in [0.1, 0.15) is 10.4 Å². The van der Waals surface area contributed by atoms with Crippen LogP contribution in [-0.2, 0) is 11.3 Å². The quantitative estimate of drug-likeness (QED) is 0.717. The van der Waals surface area contributed by atoms with Gasteiger partial charge in [0.25, 0.3) is 0 Å². The molecule has 3 rings (SSSR count). The van der Waals surface area contributed by atoms with E-state index in [1.165, 1.54) is 16.8 Å². The normalized spacial score (nSPS) is 11.0. The van der Waals surface area contributed by atoms with Crippen molar-refractivity contribution in [1.82, 2.24) is 19.7 Å². The number of aryl methyl sites for hydroxylation is 1. The van der Waals surface area contributed by atoms with E-state index in [9.17, 15) is 4.79 Å². The Kier molecular flexibility index (Phi) is 5.47. The number of nitrogens with zero attached hydrogens (tertiary/aromatic N) is 4. The van der Waals surface area contributed by atoms with Crippen LogP contribution < -0.4 is 5.32 Å². The lowest BCUT2D eigenvalue weighted by Crippen LogP contribution is -2.30. The highest BCUT2D eigenvalue weighted by Gasteiger charge is 2.13. The number of benzene rings is 1. The summed E-state index contributed by atoms with van der Waals surface area (Å²) in [5.41, 5.74) is 2.57. The van der Waals surface area contributed by atoms with Crippen molar-refractivity contribution in [2.24, 2.45) is 0 Å². The number of rotatable bonds is 6. The Labute approximate surface area is 155 Å². The molecule has 130 valence electrons. The molecule has 0 aliphatic carbocycles. The van der Waals surface area contributed by atoms with Crippen molar-refractivity contribution in [3.8, 4) is 5.69 Å². The summed E-state index contributed by atoms with van der Waals surface area (Å²) in [6, 6.07) is 7.34. The smallest absolute Gasteiger partial charge is 0.238 e. The van der Waals surface area contributed by atoms with Crippen molar-refractivity contribution in [3.05, 3.63) is 57.8 Å². The number of thiophene rings is 1. The molecule has 0 unspecified atom stereocenters. The van der Waals surface area contributed by atoms with Crippen molar-refractivity contribution < 1.29 is 4.79 Å². The molecule has 0 aliphatic rings. The third-order valence-corrected chi connectivity index (χ3v) is 4.94. The standard InChI is InChI=1S/C17H18ClN5OS/c1-12-5-6-25-16(12)8-22(2)9-17(24)21-14-7-13(18)3-4-15(14)23-11-19-10-20-23/h3-7,10-11H,8-9H2,1-2H3,(H,21,24). The third kappa shape index (κ3) is 4.45. The van der Waals surface area contributed by atoms with E-state index >= 15 is 0 Å². The highest BCUT2D eigenvalue weighted by atomic mass is 35.5. The van der Waals surface area contributed by atoms with Crippen molar-refractivity contribution in [2.75, 3.05) is 18.9 Å². The Morgan fingerprint density at radius 2 is 2.24 bits per heavy atom. The van der Waals surface area contributed by atoms with E-state index in [1.807, 2.05) is 11.9 Å². The fraction of sp³-hybridized carbons (Fsp3) is 0.235. The first kappa shape index (κ1) is 17.6. The molecule has 3 aromatic rings. The van der Waals surface area contributed by atoms with E-state index in [1.54, 1.807) is 40.5 Å². The molecule has 1 N–H and O–H groups in total. The minimum absolute atomic E-state index is 0.111. The molecule has 0 saturated carbocycles. The zero-order chi connectivity index (χ0) is 17.8. The molecule has 1 aromatic carbocycles. The fourth-order valence-electron chi connectivity index (χ4n) is 2.44. The predicted octanol–water partition coefficient (Wildman–Crippen LogP) is 3.36. The lowest BCUT2D eigenvalue weighted by atomic mass is 10.2. The maximum absolute atomic E-state index is 12.4. The number of carbonyl (C=O) groups is 1. The van der Waals surface area contributed by atoms with E-state index in [-0.39, 0.29) is 12.5 Å². The number of amides is 1. The predicted molar refractivity (Wildman–Crippen MR) is 100 cm³/mol. The van der Waals surface area contributed by atoms with Crippen LogP contribution in [0.5, 0.6) is 0 Å². The SMILES string of the molecule is Cc1ccsc1CN(C)CC(=O)Nc1cc(Cl)ccc1-n1cncn1. The van der Waals surface area contributed by atoms with Crippen LogP contribution >= 0.6 is 22.9 Å². The van der Waals surface area contributed by atoms with E-state index in [0.29, 0.717) is 16.4 Å². The number of hydrogen-bond donors (Lipinski definition) is 1. The van der Waals surface area contributed by atoms with Gasteiger partial charge in [0.1, 0.15) is 12.7 Å². The monoisotopic (exact) mass is 375 g/mol. The van der Waals surface area contributed by atoms with Gasteiger partial charge in [0.15, 0.2) is 0 Å². The average Bonchev–Trinajstić information content (AvgIpc) is 3.20. The van der Waals surface area contributed by atoms with Crippen LogP contribution in [0.4, 0.5) is 5.69 Å². The summed E-state index contributed by atoms with van der Waals surface area (Å²) in [6.45, 7) is 3.10. The Hall–Kier alpha value is -2.22. The highest BCUT2D eigenvalue weighted by molar-refractivity contribution is 7.10. The van der Waals surface area contributed by atoms with Crippen LogP contribution in [0.15, 0.2) is 42.3 Å². The van der Waals surface area contributed by atoms with Crippen LogP contribution in [0.3, 0.4) is 0 Å². The van der Waals surface area contributed by atoms with E-state index in [4.69, 9.17) is 11.6 Å². The summed E-state index contributed by atoms with van der Waals surface area (Å²) < 4.78 is 1.59. The Morgan fingerprint density at radius 1 is 1.40 bits per heavy atom. The molecular formula is C17H18ClN5OS. The van der Waals surface area contributed by atoms with Gasteiger partial charge in [0.2, 0.25) is 5.91 Å². The van der Waals surface area contributed by atoms with Gasteiger partial charge in [-0.3, -0.25) is 9.69 Å². The maximum Gasteiger partial charge on any atom is 0.238 e. The van der Waals surface area contributed by atoms with Crippen LogP contribution in [-0.4, -0.2) is 39.2 Å². The number of hydrogen-bond acceptors (Lipinski definition) is 5. The number of anilines is 1. The summed E-state index contributed by atoms with van der Waals surface area (Å²) in [6.07, 6.45) is 3.02. The second-order valence-corrected chi connectivity index (χ2v) is 7.19.